The van der Waals surface area contributed by atoms with Crippen molar-refractivity contribution < 1.29 is 9.69 Å². The van der Waals surface area contributed by atoms with Crippen molar-refractivity contribution in [3.63, 3.8) is 0 Å². The van der Waals surface area contributed by atoms with Crippen molar-refractivity contribution in [3.05, 3.63) is 54.1 Å². The zero-order chi connectivity index (χ0) is 17.6. The lowest BCUT2D eigenvalue weighted by molar-refractivity contribution is -0.892. The van der Waals surface area contributed by atoms with Gasteiger partial charge < -0.3 is 15.1 Å². The lowest BCUT2D eigenvalue weighted by Gasteiger charge is -2.34. The molecule has 0 unspecified atom stereocenters. The minimum atomic E-state index is 0.0980. The Morgan fingerprint density at radius 3 is 2.52 bits per heavy atom. The number of hydrogen-bond donors (Lipinski definition) is 2. The maximum atomic E-state index is 12.4. The zero-order valence-electron chi connectivity index (χ0n) is 14.9. The van der Waals surface area contributed by atoms with E-state index < -0.39 is 0 Å². The molecule has 25 heavy (non-hydrogen) atoms. The Labute approximate surface area is 154 Å². The van der Waals surface area contributed by atoms with Crippen LogP contribution in [0.5, 0.6) is 0 Å². The van der Waals surface area contributed by atoms with Crippen molar-refractivity contribution in [1.29, 1.82) is 0 Å². The first-order valence-electron chi connectivity index (χ1n) is 8.74. The second-order valence-electron chi connectivity index (χ2n) is 6.45. The van der Waals surface area contributed by atoms with Crippen molar-refractivity contribution in [2.24, 2.45) is 0 Å². The van der Waals surface area contributed by atoms with Gasteiger partial charge in [0.05, 0.1) is 31.9 Å². The van der Waals surface area contributed by atoms with Crippen LogP contribution in [0.15, 0.2) is 53.4 Å². The standard InChI is InChI=1S/C20H25N3OS/c1-16-7-3-5-9-18(16)23-13-11-22(12-14-23)15-20(24)21-17-8-4-6-10-19(17)25-2/h3-10H,11-15H2,1-2H3,(H,21,24)/p+1. The molecule has 2 aromatic rings. The van der Waals surface area contributed by atoms with Crippen LogP contribution in [0.3, 0.4) is 0 Å². The van der Waals surface area contributed by atoms with E-state index in [1.165, 1.54) is 16.2 Å². The number of anilines is 2. The highest BCUT2D eigenvalue weighted by Crippen LogP contribution is 2.24. The lowest BCUT2D eigenvalue weighted by atomic mass is 10.1. The van der Waals surface area contributed by atoms with E-state index in [1.54, 1.807) is 11.8 Å². The summed E-state index contributed by atoms with van der Waals surface area (Å²) in [4.78, 5) is 17.3. The summed E-state index contributed by atoms with van der Waals surface area (Å²) in [6, 6.07) is 16.5. The monoisotopic (exact) mass is 356 g/mol. The number of rotatable bonds is 5. The number of quaternary nitrogens is 1. The minimum Gasteiger partial charge on any atom is -0.360 e. The Hall–Kier alpha value is -1.98. The van der Waals surface area contributed by atoms with Crippen LogP contribution in [0.25, 0.3) is 0 Å². The molecule has 1 aliphatic rings. The maximum Gasteiger partial charge on any atom is 0.279 e. The molecule has 1 heterocycles. The second kappa shape index (κ2) is 8.41. The topological polar surface area (TPSA) is 36.8 Å². The summed E-state index contributed by atoms with van der Waals surface area (Å²) in [5.74, 6) is 0.0980. The van der Waals surface area contributed by atoms with Gasteiger partial charge in [0.15, 0.2) is 6.54 Å². The van der Waals surface area contributed by atoms with Crippen molar-refractivity contribution in [1.82, 2.24) is 0 Å². The van der Waals surface area contributed by atoms with Crippen molar-refractivity contribution in [2.45, 2.75) is 11.8 Å². The third-order valence-corrected chi connectivity index (χ3v) is 5.51. The van der Waals surface area contributed by atoms with Gasteiger partial charge in [0.1, 0.15) is 0 Å². The van der Waals surface area contributed by atoms with E-state index in [-0.39, 0.29) is 5.91 Å². The molecular weight excluding hydrogens is 330 g/mol. The zero-order valence-corrected chi connectivity index (χ0v) is 15.7. The van der Waals surface area contributed by atoms with Crippen LogP contribution < -0.4 is 15.1 Å². The second-order valence-corrected chi connectivity index (χ2v) is 7.30. The molecule has 0 atom stereocenters. The number of para-hydroxylation sites is 2. The Bertz CT molecular complexity index is 726. The summed E-state index contributed by atoms with van der Waals surface area (Å²) in [7, 11) is 0. The van der Waals surface area contributed by atoms with Crippen LogP contribution in [0.1, 0.15) is 5.56 Å². The predicted octanol–water partition coefficient (Wildman–Crippen LogP) is 2.06. The smallest absolute Gasteiger partial charge is 0.279 e. The fourth-order valence-electron chi connectivity index (χ4n) is 3.33. The fourth-order valence-corrected chi connectivity index (χ4v) is 3.88. The molecule has 2 N–H and O–H groups in total. The molecule has 0 bridgehead atoms. The molecule has 1 saturated heterocycles. The number of benzene rings is 2. The Balaban J connectivity index is 1.52. The first kappa shape index (κ1) is 17.8. The van der Waals surface area contributed by atoms with Crippen LogP contribution in [0.4, 0.5) is 11.4 Å². The summed E-state index contributed by atoms with van der Waals surface area (Å²) < 4.78 is 0. The van der Waals surface area contributed by atoms with Gasteiger partial charge in [0, 0.05) is 10.6 Å². The van der Waals surface area contributed by atoms with E-state index >= 15 is 0 Å². The third kappa shape index (κ3) is 4.55. The van der Waals surface area contributed by atoms with Crippen LogP contribution in [0, 0.1) is 6.92 Å². The Morgan fingerprint density at radius 1 is 1.12 bits per heavy atom. The van der Waals surface area contributed by atoms with Gasteiger partial charge in [-0.1, -0.05) is 30.3 Å². The van der Waals surface area contributed by atoms with Gasteiger partial charge in [0.25, 0.3) is 5.91 Å². The van der Waals surface area contributed by atoms with Gasteiger partial charge in [-0.2, -0.15) is 0 Å². The van der Waals surface area contributed by atoms with Gasteiger partial charge in [-0.05, 0) is 36.9 Å². The molecule has 132 valence electrons. The van der Waals surface area contributed by atoms with Gasteiger partial charge in [-0.25, -0.2) is 0 Å². The number of nitrogens with zero attached hydrogens (tertiary/aromatic N) is 1. The van der Waals surface area contributed by atoms with Crippen LogP contribution >= 0.6 is 11.8 Å². The van der Waals surface area contributed by atoms with Crippen LogP contribution in [-0.4, -0.2) is 44.9 Å². The van der Waals surface area contributed by atoms with Crippen molar-refractivity contribution in [3.8, 4) is 0 Å². The van der Waals surface area contributed by atoms with Gasteiger partial charge in [-0.15, -0.1) is 11.8 Å². The Morgan fingerprint density at radius 2 is 1.80 bits per heavy atom. The largest absolute Gasteiger partial charge is 0.360 e. The van der Waals surface area contributed by atoms with Crippen LogP contribution in [-0.2, 0) is 4.79 Å². The molecule has 0 saturated carbocycles. The van der Waals surface area contributed by atoms with Gasteiger partial charge in [-0.3, -0.25) is 4.79 Å². The quantitative estimate of drug-likeness (QED) is 0.805. The molecule has 0 aromatic heterocycles. The van der Waals surface area contributed by atoms with Gasteiger partial charge >= 0.3 is 0 Å². The molecule has 2 aromatic carbocycles. The molecular formula is C20H26N3OS+. The number of carbonyl (C=O) groups is 1. The molecule has 4 nitrogen and oxygen atoms in total. The average Bonchev–Trinajstić information content (AvgIpc) is 2.63. The van der Waals surface area contributed by atoms with E-state index in [1.807, 2.05) is 30.5 Å². The Kier molecular flexibility index (Phi) is 6.00. The van der Waals surface area contributed by atoms with Gasteiger partial charge in [0.2, 0.25) is 0 Å². The summed E-state index contributed by atoms with van der Waals surface area (Å²) >= 11 is 1.65. The van der Waals surface area contributed by atoms with E-state index in [9.17, 15) is 4.79 Å². The molecule has 1 amide bonds. The number of hydrogen-bond acceptors (Lipinski definition) is 3. The molecule has 3 rings (SSSR count). The SMILES string of the molecule is CSc1ccccc1NC(=O)C[NH+]1CCN(c2ccccc2C)CC1. The summed E-state index contributed by atoms with van der Waals surface area (Å²) in [6.45, 7) is 6.66. The van der Waals surface area contributed by atoms with E-state index in [4.69, 9.17) is 0 Å². The first-order valence-corrected chi connectivity index (χ1v) is 9.97. The number of carbonyl (C=O) groups excluding carboxylic acids is 1. The predicted molar refractivity (Wildman–Crippen MR) is 106 cm³/mol. The summed E-state index contributed by atoms with van der Waals surface area (Å²) in [6.07, 6.45) is 2.03. The highest BCUT2D eigenvalue weighted by atomic mass is 32.2. The number of piperazine rings is 1. The third-order valence-electron chi connectivity index (χ3n) is 4.72. The molecule has 1 aliphatic heterocycles. The number of thioether (sulfide) groups is 1. The number of nitrogens with one attached hydrogen (secondary N) is 2. The normalized spacial score (nSPS) is 15.2. The number of amides is 1. The molecule has 5 heteroatoms. The van der Waals surface area contributed by atoms with E-state index in [2.05, 4.69) is 41.4 Å². The molecule has 0 spiro atoms. The van der Waals surface area contributed by atoms with Crippen molar-refractivity contribution in [2.75, 3.05) is 49.2 Å². The van der Waals surface area contributed by atoms with E-state index in [0.29, 0.717) is 6.54 Å². The van der Waals surface area contributed by atoms with E-state index in [0.717, 1.165) is 36.8 Å². The van der Waals surface area contributed by atoms with Crippen LogP contribution in [0.2, 0.25) is 0 Å². The molecule has 1 fully saturated rings. The molecule has 0 radical (unpaired) electrons. The average molecular weight is 357 g/mol. The maximum absolute atomic E-state index is 12.4. The lowest BCUT2D eigenvalue weighted by Crippen LogP contribution is -3.15. The summed E-state index contributed by atoms with van der Waals surface area (Å²) in [5.41, 5.74) is 3.55. The first-order chi connectivity index (χ1) is 12.2. The highest BCUT2D eigenvalue weighted by Gasteiger charge is 2.23. The number of aryl methyl sites for hydroxylation is 1. The molecule has 0 aliphatic carbocycles. The minimum absolute atomic E-state index is 0.0980. The highest BCUT2D eigenvalue weighted by molar-refractivity contribution is 7.98. The van der Waals surface area contributed by atoms with Crippen molar-refractivity contribution >= 4 is 29.0 Å². The fraction of sp³-hybridized carbons (Fsp3) is 0.350. The summed E-state index contributed by atoms with van der Waals surface area (Å²) in [5, 5.41) is 3.07.